The van der Waals surface area contributed by atoms with E-state index in [1.807, 2.05) is 43.3 Å². The summed E-state index contributed by atoms with van der Waals surface area (Å²) in [5, 5.41) is 13.2. The Morgan fingerprint density at radius 2 is 1.85 bits per heavy atom. The molecule has 1 aromatic carbocycles. The average molecular weight is 459 g/mol. The first-order valence-corrected chi connectivity index (χ1v) is 11.5. The molecule has 2 N–H and O–H groups in total. The molecule has 0 radical (unpaired) electrons. The largest absolute Gasteiger partial charge is 0.396 e. The molecule has 5 rings (SSSR count). The van der Waals surface area contributed by atoms with Crippen molar-refractivity contribution in [3.8, 4) is 11.1 Å². The van der Waals surface area contributed by atoms with E-state index in [0.717, 1.165) is 5.56 Å². The van der Waals surface area contributed by atoms with Crippen molar-refractivity contribution in [3.05, 3.63) is 88.6 Å². The lowest BCUT2D eigenvalue weighted by molar-refractivity contribution is -0.127. The van der Waals surface area contributed by atoms with E-state index in [0.29, 0.717) is 17.8 Å². The number of benzene rings is 1. The molecular weight excluding hydrogens is 432 g/mol. The van der Waals surface area contributed by atoms with Crippen molar-refractivity contribution < 1.29 is 14.7 Å². The Morgan fingerprint density at radius 1 is 1.09 bits per heavy atom. The second-order valence-electron chi connectivity index (χ2n) is 8.66. The number of nitrogens with one attached hydrogen (secondary N) is 1. The molecule has 0 saturated carbocycles. The minimum atomic E-state index is -0.686. The van der Waals surface area contributed by atoms with Crippen LogP contribution >= 0.6 is 0 Å². The molecular formula is C26H26N4O4. The van der Waals surface area contributed by atoms with Crippen LogP contribution in [-0.2, 0) is 11.3 Å². The number of rotatable bonds is 5. The van der Waals surface area contributed by atoms with Gasteiger partial charge in [0.15, 0.2) is 0 Å². The van der Waals surface area contributed by atoms with E-state index in [4.69, 9.17) is 0 Å². The number of hydrogen-bond acceptors (Lipinski definition) is 5. The van der Waals surface area contributed by atoms with Crippen LogP contribution in [0, 0.1) is 11.8 Å². The van der Waals surface area contributed by atoms with Gasteiger partial charge in [-0.3, -0.25) is 19.4 Å². The third-order valence-electron chi connectivity index (χ3n) is 6.90. The van der Waals surface area contributed by atoms with Gasteiger partial charge in [0.25, 0.3) is 11.5 Å². The van der Waals surface area contributed by atoms with Gasteiger partial charge in [0.2, 0.25) is 5.91 Å². The lowest BCUT2D eigenvalue weighted by Crippen LogP contribution is -2.49. The summed E-state index contributed by atoms with van der Waals surface area (Å²) in [4.78, 5) is 46.2. The summed E-state index contributed by atoms with van der Waals surface area (Å²) in [6.45, 7) is 2.18. The molecule has 2 aliphatic heterocycles. The number of carbonyl (C=O) groups excluding carboxylic acids is 2. The third kappa shape index (κ3) is 3.42. The van der Waals surface area contributed by atoms with Crippen LogP contribution < -0.4 is 10.9 Å². The molecule has 2 aliphatic rings. The Balaban J connectivity index is 1.67. The highest BCUT2D eigenvalue weighted by Crippen LogP contribution is 2.49. The average Bonchev–Trinajstić information content (AvgIpc) is 3.11. The Bertz CT molecular complexity index is 1270. The molecule has 3 aromatic rings. The normalized spacial score (nSPS) is 22.8. The first-order chi connectivity index (χ1) is 16.6. The molecule has 8 nitrogen and oxygen atoms in total. The molecule has 0 aliphatic carbocycles. The highest BCUT2D eigenvalue weighted by atomic mass is 16.3. The molecule has 1 saturated heterocycles. The number of nitrogens with zero attached hydrogens (tertiary/aromatic N) is 3. The van der Waals surface area contributed by atoms with Gasteiger partial charge in [-0.05, 0) is 36.8 Å². The molecule has 0 spiro atoms. The molecule has 2 bridgehead atoms. The number of amides is 2. The van der Waals surface area contributed by atoms with Crippen LogP contribution in [0.4, 0.5) is 0 Å². The number of aliphatic hydroxyl groups is 1. The van der Waals surface area contributed by atoms with E-state index in [9.17, 15) is 19.5 Å². The third-order valence-corrected chi connectivity index (χ3v) is 6.90. The Labute approximate surface area is 196 Å². The number of carbonyl (C=O) groups is 2. The second kappa shape index (κ2) is 8.87. The molecule has 0 unspecified atom stereocenters. The molecule has 2 amide bonds. The van der Waals surface area contributed by atoms with Gasteiger partial charge in [-0.2, -0.15) is 0 Å². The van der Waals surface area contributed by atoms with Crippen LogP contribution in [0.15, 0.2) is 71.7 Å². The highest BCUT2D eigenvalue weighted by molar-refractivity contribution is 5.94. The predicted octanol–water partition coefficient (Wildman–Crippen LogP) is 1.85. The Morgan fingerprint density at radius 3 is 2.53 bits per heavy atom. The summed E-state index contributed by atoms with van der Waals surface area (Å²) in [6.07, 6.45) is 1.55. The van der Waals surface area contributed by atoms with Gasteiger partial charge in [-0.1, -0.05) is 36.4 Å². The van der Waals surface area contributed by atoms with Crippen molar-refractivity contribution in [1.82, 2.24) is 19.8 Å². The van der Waals surface area contributed by atoms with Gasteiger partial charge in [0.1, 0.15) is 5.69 Å². The van der Waals surface area contributed by atoms with Gasteiger partial charge in [0.05, 0.1) is 18.0 Å². The number of hydrogen-bond donors (Lipinski definition) is 2. The van der Waals surface area contributed by atoms with Crippen LogP contribution in [0.3, 0.4) is 0 Å². The van der Waals surface area contributed by atoms with Gasteiger partial charge in [-0.25, -0.2) is 0 Å². The molecule has 4 atom stereocenters. The Kier molecular flexibility index (Phi) is 5.75. The summed E-state index contributed by atoms with van der Waals surface area (Å²) in [6, 6.07) is 16.9. The van der Waals surface area contributed by atoms with Gasteiger partial charge >= 0.3 is 0 Å². The van der Waals surface area contributed by atoms with Gasteiger partial charge < -0.3 is 19.9 Å². The number of aliphatic hydroxyl groups excluding tert-OH is 1. The minimum absolute atomic E-state index is 0.170. The predicted molar refractivity (Wildman–Crippen MR) is 126 cm³/mol. The summed E-state index contributed by atoms with van der Waals surface area (Å²) >= 11 is 0. The molecule has 8 heteroatoms. The second-order valence-corrected chi connectivity index (χ2v) is 8.66. The zero-order valence-corrected chi connectivity index (χ0v) is 18.8. The van der Waals surface area contributed by atoms with E-state index >= 15 is 0 Å². The lowest BCUT2D eigenvalue weighted by atomic mass is 9.86. The summed E-state index contributed by atoms with van der Waals surface area (Å²) < 4.78 is 1.67. The van der Waals surface area contributed by atoms with Crippen molar-refractivity contribution in [2.75, 3.05) is 13.2 Å². The van der Waals surface area contributed by atoms with Gasteiger partial charge in [-0.15, -0.1) is 0 Å². The van der Waals surface area contributed by atoms with Crippen molar-refractivity contribution in [2.24, 2.45) is 11.8 Å². The topological polar surface area (TPSA) is 105 Å². The molecule has 4 heterocycles. The summed E-state index contributed by atoms with van der Waals surface area (Å²) in [5.74, 6) is -1.74. The summed E-state index contributed by atoms with van der Waals surface area (Å²) in [7, 11) is 0. The van der Waals surface area contributed by atoms with Crippen LogP contribution in [0.5, 0.6) is 0 Å². The maximum absolute atomic E-state index is 13.6. The van der Waals surface area contributed by atoms with Crippen LogP contribution in [-0.4, -0.2) is 50.6 Å². The first kappa shape index (κ1) is 22.0. The van der Waals surface area contributed by atoms with Crippen molar-refractivity contribution in [2.45, 2.75) is 25.6 Å². The number of aromatic nitrogens is 2. The zero-order valence-electron chi connectivity index (χ0n) is 18.8. The van der Waals surface area contributed by atoms with Crippen molar-refractivity contribution in [1.29, 1.82) is 0 Å². The van der Waals surface area contributed by atoms with E-state index in [1.54, 1.807) is 39.9 Å². The van der Waals surface area contributed by atoms with Crippen molar-refractivity contribution in [3.63, 3.8) is 0 Å². The van der Waals surface area contributed by atoms with Crippen LogP contribution in [0.2, 0.25) is 0 Å². The fraction of sp³-hybridized carbons (Fsp3) is 0.308. The SMILES string of the molecule is CCNC(=O)[C@@H]1[C@@H](CO)[C@@H]2Cn3c(ccc(-c4ccccc4)c3=O)[C@H]1N2C(=O)c1ccccn1. The van der Waals surface area contributed by atoms with Crippen molar-refractivity contribution >= 4 is 11.8 Å². The first-order valence-electron chi connectivity index (χ1n) is 11.5. The highest BCUT2D eigenvalue weighted by Gasteiger charge is 2.57. The molecule has 1 fully saturated rings. The zero-order chi connectivity index (χ0) is 23.8. The van der Waals surface area contributed by atoms with E-state index in [1.165, 1.54) is 0 Å². The van der Waals surface area contributed by atoms with E-state index in [-0.39, 0.29) is 36.2 Å². The molecule has 174 valence electrons. The fourth-order valence-corrected chi connectivity index (χ4v) is 5.44. The quantitative estimate of drug-likeness (QED) is 0.607. The minimum Gasteiger partial charge on any atom is -0.396 e. The monoisotopic (exact) mass is 458 g/mol. The van der Waals surface area contributed by atoms with Crippen LogP contribution in [0.1, 0.15) is 29.1 Å². The lowest BCUT2D eigenvalue weighted by Gasteiger charge is -2.38. The smallest absolute Gasteiger partial charge is 0.273 e. The van der Waals surface area contributed by atoms with Crippen LogP contribution in [0.25, 0.3) is 11.1 Å². The molecule has 34 heavy (non-hydrogen) atoms. The summed E-state index contributed by atoms with van der Waals surface area (Å²) in [5.41, 5.74) is 2.06. The number of fused-ring (bicyclic) bond motifs is 4. The fourth-order valence-electron chi connectivity index (χ4n) is 5.44. The standard InChI is InChI=1S/C26H26N4O4/c1-2-27-24(32)22-18(15-31)21-14-29-20(12-11-17(25(29)33)16-8-4-3-5-9-16)23(22)30(21)26(34)19-10-6-7-13-28-19/h3-13,18,21-23,31H,2,14-15H2,1H3,(H,27,32)/t18-,21-,22+,23+/m0/s1. The van der Waals surface area contributed by atoms with Gasteiger partial charge in [0, 0.05) is 43.1 Å². The maximum Gasteiger partial charge on any atom is 0.273 e. The number of pyridine rings is 2. The Hall–Kier alpha value is -3.78. The maximum atomic E-state index is 13.6. The molecule has 2 aromatic heterocycles. The van der Waals surface area contributed by atoms with E-state index in [2.05, 4.69) is 10.3 Å². The van der Waals surface area contributed by atoms with E-state index < -0.39 is 23.9 Å².